The van der Waals surface area contributed by atoms with Crippen LogP contribution in [0.25, 0.3) is 0 Å². The quantitative estimate of drug-likeness (QED) is 0.863. The zero-order valence-corrected chi connectivity index (χ0v) is 16.8. The molecule has 2 aromatic carbocycles. The molecule has 1 fully saturated rings. The summed E-state index contributed by atoms with van der Waals surface area (Å²) in [5.41, 5.74) is 4.93. The Morgan fingerprint density at radius 1 is 1.11 bits per heavy atom. The molecule has 2 aromatic rings. The average Bonchev–Trinajstić information content (AvgIpc) is 2.88. The van der Waals surface area contributed by atoms with E-state index in [1.165, 1.54) is 22.2 Å². The zero-order valence-electron chi connectivity index (χ0n) is 15.9. The van der Waals surface area contributed by atoms with E-state index in [0.29, 0.717) is 5.17 Å². The first-order valence-corrected chi connectivity index (χ1v) is 9.69. The highest BCUT2D eigenvalue weighted by Crippen LogP contribution is 2.31. The third-order valence-corrected chi connectivity index (χ3v) is 5.87. The molecule has 2 amide bonds. The number of carbonyl (C=O) groups excluding carboxylic acids is 2. The molecular weight excluding hydrogens is 358 g/mol. The van der Waals surface area contributed by atoms with Gasteiger partial charge in [-0.3, -0.25) is 14.5 Å². The second kappa shape index (κ2) is 7.96. The maximum absolute atomic E-state index is 12.5. The summed E-state index contributed by atoms with van der Waals surface area (Å²) in [7, 11) is 1.70. The fourth-order valence-electron chi connectivity index (χ4n) is 2.79. The molecule has 1 saturated heterocycles. The van der Waals surface area contributed by atoms with E-state index >= 15 is 0 Å². The van der Waals surface area contributed by atoms with Crippen LogP contribution >= 0.6 is 11.8 Å². The zero-order chi connectivity index (χ0) is 19.6. The van der Waals surface area contributed by atoms with Gasteiger partial charge in [0, 0.05) is 19.2 Å². The smallest absolute Gasteiger partial charge is 0.242 e. The molecule has 5 nitrogen and oxygen atoms in total. The summed E-state index contributed by atoms with van der Waals surface area (Å²) in [6.07, 6.45) is 0.119. The number of para-hydroxylation sites is 1. The van der Waals surface area contributed by atoms with Crippen LogP contribution in [-0.4, -0.2) is 34.2 Å². The predicted octanol–water partition coefficient (Wildman–Crippen LogP) is 4.20. The van der Waals surface area contributed by atoms with Gasteiger partial charge in [-0.25, -0.2) is 4.99 Å². The average molecular weight is 382 g/mol. The Labute approximate surface area is 163 Å². The Balaban J connectivity index is 1.70. The van der Waals surface area contributed by atoms with Crippen LogP contribution in [-0.2, 0) is 9.59 Å². The van der Waals surface area contributed by atoms with Gasteiger partial charge in [0.2, 0.25) is 11.8 Å². The lowest BCUT2D eigenvalue weighted by Crippen LogP contribution is -2.30. The van der Waals surface area contributed by atoms with Gasteiger partial charge in [-0.2, -0.15) is 0 Å². The van der Waals surface area contributed by atoms with Gasteiger partial charge >= 0.3 is 0 Å². The Hall–Kier alpha value is -2.60. The molecule has 0 saturated carbocycles. The Kier molecular flexibility index (Phi) is 5.65. The van der Waals surface area contributed by atoms with Gasteiger partial charge < -0.3 is 5.32 Å². The summed E-state index contributed by atoms with van der Waals surface area (Å²) in [5.74, 6) is -0.265. The summed E-state index contributed by atoms with van der Waals surface area (Å²) in [6.45, 7) is 6.02. The molecule has 3 rings (SSSR count). The van der Waals surface area contributed by atoms with Gasteiger partial charge in [-0.1, -0.05) is 36.0 Å². The number of aliphatic imine (C=N–C) groups is 1. The number of anilines is 1. The van der Waals surface area contributed by atoms with Crippen LogP contribution in [0.2, 0.25) is 0 Å². The van der Waals surface area contributed by atoms with Crippen molar-refractivity contribution in [3.8, 4) is 0 Å². The summed E-state index contributed by atoms with van der Waals surface area (Å²) in [4.78, 5) is 31.0. The van der Waals surface area contributed by atoms with E-state index in [2.05, 4.69) is 17.2 Å². The molecule has 0 spiro atoms. The van der Waals surface area contributed by atoms with Crippen molar-refractivity contribution >= 4 is 40.1 Å². The van der Waals surface area contributed by atoms with Gasteiger partial charge in [0.15, 0.2) is 5.17 Å². The molecule has 1 aliphatic heterocycles. The fraction of sp³-hybridized carbons (Fsp3) is 0.286. The Bertz CT molecular complexity index is 923. The number of thioether (sulfide) groups is 1. The van der Waals surface area contributed by atoms with Gasteiger partial charge in [-0.05, 0) is 55.7 Å². The maximum Gasteiger partial charge on any atom is 0.242 e. The van der Waals surface area contributed by atoms with Crippen LogP contribution < -0.4 is 5.32 Å². The van der Waals surface area contributed by atoms with Gasteiger partial charge in [-0.15, -0.1) is 0 Å². The SMILES string of the molecule is Cc1ccc(N=C2SC(CC(=O)Nc3ccccc3C)C(=O)N2C)cc1C. The van der Waals surface area contributed by atoms with E-state index in [4.69, 9.17) is 0 Å². The highest BCUT2D eigenvalue weighted by atomic mass is 32.2. The summed E-state index contributed by atoms with van der Waals surface area (Å²) < 4.78 is 0. The third-order valence-electron chi connectivity index (χ3n) is 4.65. The normalized spacial score (nSPS) is 18.2. The van der Waals surface area contributed by atoms with Crippen molar-refractivity contribution in [3.63, 3.8) is 0 Å². The first kappa shape index (κ1) is 19.2. The second-order valence-electron chi connectivity index (χ2n) is 6.73. The van der Waals surface area contributed by atoms with Crippen molar-refractivity contribution in [2.75, 3.05) is 12.4 Å². The number of hydrogen-bond donors (Lipinski definition) is 1. The summed E-state index contributed by atoms with van der Waals surface area (Å²) in [6, 6.07) is 13.5. The van der Waals surface area contributed by atoms with Crippen LogP contribution in [0.3, 0.4) is 0 Å². The maximum atomic E-state index is 12.5. The molecule has 0 radical (unpaired) electrons. The van der Waals surface area contributed by atoms with Crippen molar-refractivity contribution in [1.82, 2.24) is 4.90 Å². The molecule has 1 unspecified atom stereocenters. The van der Waals surface area contributed by atoms with Crippen LogP contribution in [0.15, 0.2) is 47.5 Å². The lowest BCUT2D eigenvalue weighted by molar-refractivity contribution is -0.127. The van der Waals surface area contributed by atoms with Crippen molar-refractivity contribution in [2.45, 2.75) is 32.4 Å². The van der Waals surface area contributed by atoms with Crippen LogP contribution in [0, 0.1) is 20.8 Å². The minimum atomic E-state index is -0.454. The highest BCUT2D eigenvalue weighted by Gasteiger charge is 2.37. The number of hydrogen-bond acceptors (Lipinski definition) is 4. The molecule has 1 heterocycles. The number of amides is 2. The molecule has 140 valence electrons. The van der Waals surface area contributed by atoms with Crippen molar-refractivity contribution in [3.05, 3.63) is 59.2 Å². The molecule has 1 atom stereocenters. The number of nitrogens with zero attached hydrogens (tertiary/aromatic N) is 2. The number of aryl methyl sites for hydroxylation is 3. The molecule has 6 heteroatoms. The largest absolute Gasteiger partial charge is 0.326 e. The van der Waals surface area contributed by atoms with Crippen molar-refractivity contribution in [1.29, 1.82) is 0 Å². The number of rotatable bonds is 4. The fourth-order valence-corrected chi connectivity index (χ4v) is 3.94. The van der Waals surface area contributed by atoms with Crippen LogP contribution in [0.5, 0.6) is 0 Å². The highest BCUT2D eigenvalue weighted by molar-refractivity contribution is 8.15. The number of nitrogens with one attached hydrogen (secondary N) is 1. The number of benzene rings is 2. The Morgan fingerprint density at radius 2 is 1.85 bits per heavy atom. The molecule has 1 N–H and O–H groups in total. The van der Waals surface area contributed by atoms with E-state index in [1.807, 2.05) is 56.3 Å². The lowest BCUT2D eigenvalue weighted by atomic mass is 10.1. The molecular formula is C21H23N3O2S. The first-order chi connectivity index (χ1) is 12.8. The lowest BCUT2D eigenvalue weighted by Gasteiger charge is -2.10. The predicted molar refractivity (Wildman–Crippen MR) is 112 cm³/mol. The second-order valence-corrected chi connectivity index (χ2v) is 7.90. The minimum absolute atomic E-state index is 0.0949. The monoisotopic (exact) mass is 381 g/mol. The summed E-state index contributed by atoms with van der Waals surface area (Å²) >= 11 is 1.34. The van der Waals surface area contributed by atoms with Crippen molar-refractivity contribution in [2.24, 2.45) is 4.99 Å². The topological polar surface area (TPSA) is 61.8 Å². The van der Waals surface area contributed by atoms with Crippen LogP contribution in [0.1, 0.15) is 23.1 Å². The number of carbonyl (C=O) groups is 2. The van der Waals surface area contributed by atoms with Crippen molar-refractivity contribution < 1.29 is 9.59 Å². The molecule has 27 heavy (non-hydrogen) atoms. The Morgan fingerprint density at radius 3 is 2.56 bits per heavy atom. The molecule has 0 aromatic heterocycles. The van der Waals surface area contributed by atoms with Crippen LogP contribution in [0.4, 0.5) is 11.4 Å². The standard InChI is InChI=1S/C21H23N3O2S/c1-13-9-10-16(11-15(13)3)22-21-24(4)20(26)18(27-21)12-19(25)23-17-8-6-5-7-14(17)2/h5-11,18H,12H2,1-4H3,(H,23,25). The van der Waals surface area contributed by atoms with Gasteiger partial charge in [0.1, 0.15) is 5.25 Å². The minimum Gasteiger partial charge on any atom is -0.326 e. The van der Waals surface area contributed by atoms with E-state index in [9.17, 15) is 9.59 Å². The number of amidine groups is 1. The van der Waals surface area contributed by atoms with E-state index in [1.54, 1.807) is 7.05 Å². The van der Waals surface area contributed by atoms with Gasteiger partial charge in [0.25, 0.3) is 0 Å². The van der Waals surface area contributed by atoms with E-state index in [0.717, 1.165) is 22.5 Å². The van der Waals surface area contributed by atoms with E-state index < -0.39 is 5.25 Å². The van der Waals surface area contributed by atoms with E-state index in [-0.39, 0.29) is 18.2 Å². The molecule has 0 bridgehead atoms. The summed E-state index contributed by atoms with van der Waals surface area (Å²) in [5, 5.41) is 3.06. The first-order valence-electron chi connectivity index (χ1n) is 8.81. The molecule has 0 aliphatic carbocycles. The molecule has 1 aliphatic rings. The van der Waals surface area contributed by atoms with Gasteiger partial charge in [0.05, 0.1) is 5.69 Å². The third kappa shape index (κ3) is 4.39.